The van der Waals surface area contributed by atoms with Crippen molar-refractivity contribution in [2.24, 2.45) is 5.73 Å². The number of carboxylic acids is 3. The summed E-state index contributed by atoms with van der Waals surface area (Å²) < 4.78 is 0. The Labute approximate surface area is 228 Å². The Morgan fingerprint density at radius 3 is 1.93 bits per heavy atom. The van der Waals surface area contributed by atoms with E-state index in [0.29, 0.717) is 11.3 Å². The number of H-pyrrole nitrogens is 1. The third-order valence-corrected chi connectivity index (χ3v) is 5.79. The second kappa shape index (κ2) is 15.6. The van der Waals surface area contributed by atoms with Crippen LogP contribution in [0, 0.1) is 0 Å². The summed E-state index contributed by atoms with van der Waals surface area (Å²) in [4.78, 5) is 79.2. The highest BCUT2D eigenvalue weighted by molar-refractivity contribution is 5.94. The number of benzene rings is 1. The van der Waals surface area contributed by atoms with Crippen LogP contribution in [0.4, 0.5) is 0 Å². The number of nitrogens with one attached hydrogen (secondary N) is 4. The van der Waals surface area contributed by atoms with Crippen molar-refractivity contribution in [3.05, 3.63) is 54.1 Å². The third-order valence-electron chi connectivity index (χ3n) is 5.79. The number of imidazole rings is 1. The lowest BCUT2D eigenvalue weighted by molar-refractivity contribution is -0.143. The topological polar surface area (TPSA) is 254 Å². The van der Waals surface area contributed by atoms with Gasteiger partial charge in [-0.25, -0.2) is 9.78 Å². The van der Waals surface area contributed by atoms with Crippen molar-refractivity contribution in [3.8, 4) is 0 Å². The van der Waals surface area contributed by atoms with Gasteiger partial charge in [0.2, 0.25) is 17.7 Å². The SMILES string of the molecule is NC(CCC(=O)O)C(=O)NC(Cc1ccccc1)C(=O)NC(CCC(=O)O)C(=O)NC(Cc1cnc[nH]1)C(=O)O. The number of hydrogen-bond acceptors (Lipinski definition) is 8. The van der Waals surface area contributed by atoms with E-state index in [1.54, 1.807) is 30.3 Å². The second-order valence-electron chi connectivity index (χ2n) is 8.96. The Kier molecular flexibility index (Phi) is 12.2. The van der Waals surface area contributed by atoms with Gasteiger partial charge in [0.1, 0.15) is 18.1 Å². The van der Waals surface area contributed by atoms with Crippen LogP contribution in [0.5, 0.6) is 0 Å². The quantitative estimate of drug-likeness (QED) is 0.114. The summed E-state index contributed by atoms with van der Waals surface area (Å²) in [7, 11) is 0. The monoisotopic (exact) mass is 560 g/mol. The van der Waals surface area contributed by atoms with E-state index in [9.17, 15) is 33.9 Å². The van der Waals surface area contributed by atoms with Gasteiger partial charge in [0, 0.05) is 37.6 Å². The molecule has 0 saturated heterocycles. The van der Waals surface area contributed by atoms with Gasteiger partial charge in [-0.3, -0.25) is 24.0 Å². The molecule has 40 heavy (non-hydrogen) atoms. The number of aliphatic carboxylic acids is 3. The molecule has 1 aromatic heterocycles. The third kappa shape index (κ3) is 10.9. The van der Waals surface area contributed by atoms with Gasteiger partial charge in [-0.1, -0.05) is 30.3 Å². The molecule has 0 fully saturated rings. The van der Waals surface area contributed by atoms with Crippen LogP contribution in [0.15, 0.2) is 42.9 Å². The number of amides is 3. The summed E-state index contributed by atoms with van der Waals surface area (Å²) in [6.45, 7) is 0. The molecule has 0 aliphatic rings. The van der Waals surface area contributed by atoms with E-state index in [4.69, 9.17) is 15.9 Å². The van der Waals surface area contributed by atoms with E-state index < -0.39 is 66.2 Å². The fourth-order valence-corrected chi connectivity index (χ4v) is 3.65. The van der Waals surface area contributed by atoms with Crippen molar-refractivity contribution in [3.63, 3.8) is 0 Å². The van der Waals surface area contributed by atoms with Crippen LogP contribution in [0.2, 0.25) is 0 Å². The number of aromatic amines is 1. The van der Waals surface area contributed by atoms with E-state index in [0.717, 1.165) is 0 Å². The minimum absolute atomic E-state index is 0.0328. The van der Waals surface area contributed by atoms with Crippen molar-refractivity contribution in [2.75, 3.05) is 0 Å². The van der Waals surface area contributed by atoms with Crippen LogP contribution in [0.1, 0.15) is 36.9 Å². The van der Waals surface area contributed by atoms with Gasteiger partial charge in [-0.15, -0.1) is 0 Å². The molecule has 0 bridgehead atoms. The van der Waals surface area contributed by atoms with E-state index in [1.807, 2.05) is 0 Å². The molecule has 0 radical (unpaired) electrons. The maximum atomic E-state index is 13.3. The average Bonchev–Trinajstić information content (AvgIpc) is 3.42. The first-order valence-electron chi connectivity index (χ1n) is 12.3. The summed E-state index contributed by atoms with van der Waals surface area (Å²) in [5, 5.41) is 34.7. The van der Waals surface area contributed by atoms with Crippen LogP contribution in [-0.4, -0.2) is 85.1 Å². The van der Waals surface area contributed by atoms with Crippen molar-refractivity contribution in [1.29, 1.82) is 0 Å². The number of nitrogens with two attached hydrogens (primary N) is 1. The number of nitrogens with zero attached hydrogens (tertiary/aromatic N) is 1. The summed E-state index contributed by atoms with van der Waals surface area (Å²) in [6, 6.07) is 3.17. The highest BCUT2D eigenvalue weighted by Crippen LogP contribution is 2.08. The van der Waals surface area contributed by atoms with E-state index in [2.05, 4.69) is 25.9 Å². The van der Waals surface area contributed by atoms with Gasteiger partial charge in [-0.2, -0.15) is 0 Å². The zero-order valence-electron chi connectivity index (χ0n) is 21.4. The first-order chi connectivity index (χ1) is 19.0. The molecule has 0 aliphatic carbocycles. The molecule has 4 atom stereocenters. The molecule has 9 N–H and O–H groups in total. The smallest absolute Gasteiger partial charge is 0.326 e. The Morgan fingerprint density at radius 2 is 1.35 bits per heavy atom. The van der Waals surface area contributed by atoms with E-state index in [1.165, 1.54) is 12.5 Å². The number of rotatable bonds is 17. The molecule has 15 nitrogen and oxygen atoms in total. The molecular formula is C25H32N6O9. The largest absolute Gasteiger partial charge is 0.481 e. The van der Waals surface area contributed by atoms with Crippen LogP contribution in [0.3, 0.4) is 0 Å². The minimum atomic E-state index is -1.46. The first kappa shape index (κ1) is 31.4. The molecule has 0 spiro atoms. The van der Waals surface area contributed by atoms with Crippen LogP contribution in [-0.2, 0) is 41.6 Å². The number of carbonyl (C=O) groups is 6. The summed E-state index contributed by atoms with van der Waals surface area (Å²) in [5.41, 5.74) is 6.84. The predicted molar refractivity (Wildman–Crippen MR) is 138 cm³/mol. The number of carboxylic acid groups (broad SMARTS) is 3. The van der Waals surface area contributed by atoms with Crippen molar-refractivity contribution < 1.29 is 44.1 Å². The lowest BCUT2D eigenvalue weighted by Crippen LogP contribution is -2.57. The highest BCUT2D eigenvalue weighted by Gasteiger charge is 2.31. The molecule has 0 aliphatic heterocycles. The number of aromatic nitrogens is 2. The lowest BCUT2D eigenvalue weighted by atomic mass is 10.0. The molecule has 2 rings (SSSR count). The van der Waals surface area contributed by atoms with Gasteiger partial charge in [0.15, 0.2) is 0 Å². The van der Waals surface area contributed by atoms with Crippen molar-refractivity contribution in [1.82, 2.24) is 25.9 Å². The van der Waals surface area contributed by atoms with Crippen LogP contribution in [0.25, 0.3) is 0 Å². The zero-order valence-corrected chi connectivity index (χ0v) is 21.4. The molecule has 216 valence electrons. The summed E-state index contributed by atoms with van der Waals surface area (Å²) in [6.07, 6.45) is 1.09. The Hall–Kier alpha value is -4.79. The zero-order chi connectivity index (χ0) is 29.7. The Balaban J connectivity index is 2.21. The number of hydrogen-bond donors (Lipinski definition) is 8. The van der Waals surface area contributed by atoms with Gasteiger partial charge in [0.25, 0.3) is 0 Å². The molecule has 1 aromatic carbocycles. The molecule has 3 amide bonds. The van der Waals surface area contributed by atoms with Gasteiger partial charge >= 0.3 is 17.9 Å². The van der Waals surface area contributed by atoms with Crippen LogP contribution >= 0.6 is 0 Å². The summed E-state index contributed by atoms with van der Waals surface area (Å²) >= 11 is 0. The van der Waals surface area contributed by atoms with E-state index in [-0.39, 0.29) is 32.1 Å². The van der Waals surface area contributed by atoms with Crippen molar-refractivity contribution >= 4 is 35.6 Å². The maximum Gasteiger partial charge on any atom is 0.326 e. The first-order valence-corrected chi connectivity index (χ1v) is 12.3. The van der Waals surface area contributed by atoms with Crippen LogP contribution < -0.4 is 21.7 Å². The average molecular weight is 561 g/mol. The van der Waals surface area contributed by atoms with Gasteiger partial charge < -0.3 is 42.0 Å². The predicted octanol–water partition coefficient (Wildman–Crippen LogP) is -1.21. The maximum absolute atomic E-state index is 13.3. The summed E-state index contributed by atoms with van der Waals surface area (Å²) in [5.74, 6) is -6.36. The fraction of sp³-hybridized carbons (Fsp3) is 0.400. The Morgan fingerprint density at radius 1 is 0.775 bits per heavy atom. The standard InChI is InChI=1S/C25H32N6O9/c26-16(6-8-20(32)33)22(36)30-18(10-14-4-2-1-3-5-14)24(38)29-17(7-9-21(34)35)23(37)31-19(25(39)40)11-15-12-27-13-28-15/h1-5,12-13,16-19H,6-11,26H2,(H,27,28)(H,29,38)(H,30,36)(H,31,37)(H,32,33)(H,34,35)(H,39,40). The second-order valence-corrected chi connectivity index (χ2v) is 8.96. The molecule has 1 heterocycles. The highest BCUT2D eigenvalue weighted by atomic mass is 16.4. The minimum Gasteiger partial charge on any atom is -0.481 e. The fourth-order valence-electron chi connectivity index (χ4n) is 3.65. The molecular weight excluding hydrogens is 528 g/mol. The number of carbonyl (C=O) groups excluding carboxylic acids is 3. The lowest BCUT2D eigenvalue weighted by Gasteiger charge is -2.25. The Bertz CT molecular complexity index is 1170. The van der Waals surface area contributed by atoms with Gasteiger partial charge in [-0.05, 0) is 18.4 Å². The van der Waals surface area contributed by atoms with Crippen molar-refractivity contribution in [2.45, 2.75) is 62.7 Å². The molecule has 2 aromatic rings. The van der Waals surface area contributed by atoms with Gasteiger partial charge in [0.05, 0.1) is 12.4 Å². The molecule has 0 saturated carbocycles. The normalized spacial score (nSPS) is 13.7. The molecule has 15 heteroatoms. The molecule has 4 unspecified atom stereocenters. The van der Waals surface area contributed by atoms with E-state index >= 15 is 0 Å².